The number of rotatable bonds is 7. The molecule has 7 nitrogen and oxygen atoms in total. The smallest absolute Gasteiger partial charge is 0.283 e. The Morgan fingerprint density at radius 1 is 1.68 bits per heavy atom. The highest BCUT2D eigenvalue weighted by Crippen LogP contribution is 2.17. The predicted octanol–water partition coefficient (Wildman–Crippen LogP) is 0.328. The molecule has 0 fully saturated rings. The molecule has 19 heavy (non-hydrogen) atoms. The van der Waals surface area contributed by atoms with E-state index in [1.165, 1.54) is 10.9 Å². The van der Waals surface area contributed by atoms with Crippen molar-refractivity contribution < 1.29 is 9.53 Å². The predicted molar refractivity (Wildman–Crippen MR) is 75.0 cm³/mol. The molecule has 106 valence electrons. The molecule has 0 aromatic carbocycles. The van der Waals surface area contributed by atoms with Crippen molar-refractivity contribution in [3.63, 3.8) is 0 Å². The Morgan fingerprint density at radius 2 is 2.37 bits per heavy atom. The van der Waals surface area contributed by atoms with E-state index in [9.17, 15) is 9.59 Å². The molecule has 1 atom stereocenters. The van der Waals surface area contributed by atoms with Crippen LogP contribution in [0.4, 0.5) is 5.69 Å². The van der Waals surface area contributed by atoms with Gasteiger partial charge in [0, 0.05) is 19.6 Å². The largest absolute Gasteiger partial charge is 0.383 e. The molecule has 0 aliphatic carbocycles. The van der Waals surface area contributed by atoms with Crippen molar-refractivity contribution in [2.45, 2.75) is 25.9 Å². The molecule has 0 aliphatic rings. The van der Waals surface area contributed by atoms with Gasteiger partial charge in [0.1, 0.15) is 4.47 Å². The first kappa shape index (κ1) is 15.6. The van der Waals surface area contributed by atoms with Crippen LogP contribution in [0.25, 0.3) is 0 Å². The van der Waals surface area contributed by atoms with Crippen molar-refractivity contribution in [1.82, 2.24) is 9.78 Å². The minimum Gasteiger partial charge on any atom is -0.383 e. The number of carbonyl (C=O) groups excluding carboxylic acids is 1. The summed E-state index contributed by atoms with van der Waals surface area (Å²) in [5.41, 5.74) is 5.39. The molecule has 8 heteroatoms. The van der Waals surface area contributed by atoms with Crippen LogP contribution < -0.4 is 16.6 Å². The maximum atomic E-state index is 12.0. The Bertz CT molecular complexity index is 503. The zero-order valence-corrected chi connectivity index (χ0v) is 12.4. The maximum Gasteiger partial charge on any atom is 0.283 e. The average Bonchev–Trinajstić information content (AvgIpc) is 2.33. The fourth-order valence-electron chi connectivity index (χ4n) is 1.52. The highest BCUT2D eigenvalue weighted by Gasteiger charge is 2.12. The van der Waals surface area contributed by atoms with Gasteiger partial charge in [-0.2, -0.15) is 5.10 Å². The first-order chi connectivity index (χ1) is 8.95. The molecule has 1 amide bonds. The van der Waals surface area contributed by atoms with Crippen molar-refractivity contribution in [2.24, 2.45) is 5.73 Å². The van der Waals surface area contributed by atoms with Crippen molar-refractivity contribution in [3.8, 4) is 0 Å². The number of carbonyl (C=O) groups is 1. The Kier molecular flexibility index (Phi) is 5.97. The van der Waals surface area contributed by atoms with Gasteiger partial charge in [-0.3, -0.25) is 9.59 Å². The minimum atomic E-state index is -0.405. The highest BCUT2D eigenvalue weighted by molar-refractivity contribution is 9.10. The third kappa shape index (κ3) is 4.64. The van der Waals surface area contributed by atoms with E-state index < -0.39 is 5.91 Å². The number of methoxy groups -OCH3 is 1. The fourth-order valence-corrected chi connectivity index (χ4v) is 1.94. The SMILES string of the molecule is COCCn1ncc(NC(C)CC(N)=O)c(Br)c1=O. The summed E-state index contributed by atoms with van der Waals surface area (Å²) in [4.78, 5) is 22.8. The summed E-state index contributed by atoms with van der Waals surface area (Å²) in [6.07, 6.45) is 1.71. The van der Waals surface area contributed by atoms with Gasteiger partial charge in [-0.1, -0.05) is 0 Å². The fraction of sp³-hybridized carbons (Fsp3) is 0.545. The van der Waals surface area contributed by atoms with E-state index in [0.29, 0.717) is 23.3 Å². The zero-order valence-electron chi connectivity index (χ0n) is 10.9. The Labute approximate surface area is 119 Å². The lowest BCUT2D eigenvalue weighted by Gasteiger charge is -2.15. The number of nitrogens with zero attached hydrogens (tertiary/aromatic N) is 2. The second-order valence-electron chi connectivity index (χ2n) is 4.11. The van der Waals surface area contributed by atoms with Crippen molar-refractivity contribution >= 4 is 27.5 Å². The van der Waals surface area contributed by atoms with Gasteiger partial charge in [0.05, 0.1) is 25.0 Å². The number of primary amides is 1. The van der Waals surface area contributed by atoms with Gasteiger partial charge in [0.25, 0.3) is 5.56 Å². The number of amides is 1. The average molecular weight is 333 g/mol. The van der Waals surface area contributed by atoms with E-state index in [1.54, 1.807) is 14.0 Å². The van der Waals surface area contributed by atoms with Crippen LogP contribution in [0.1, 0.15) is 13.3 Å². The lowest BCUT2D eigenvalue weighted by atomic mass is 10.2. The van der Waals surface area contributed by atoms with Crippen LogP contribution >= 0.6 is 15.9 Å². The second-order valence-corrected chi connectivity index (χ2v) is 4.90. The summed E-state index contributed by atoms with van der Waals surface area (Å²) in [6.45, 7) is 2.59. The number of nitrogens with two attached hydrogens (primary N) is 1. The van der Waals surface area contributed by atoms with Gasteiger partial charge in [-0.25, -0.2) is 4.68 Å². The Morgan fingerprint density at radius 3 is 2.95 bits per heavy atom. The second kappa shape index (κ2) is 7.25. The van der Waals surface area contributed by atoms with Gasteiger partial charge in [0.2, 0.25) is 5.91 Å². The number of anilines is 1. The first-order valence-electron chi connectivity index (χ1n) is 5.75. The standard InChI is InChI=1S/C11H17BrN4O3/c1-7(5-9(13)17)15-8-6-14-16(3-4-19-2)11(18)10(8)12/h6-7,15H,3-5H2,1-2H3,(H2,13,17). The van der Waals surface area contributed by atoms with Gasteiger partial charge in [0.15, 0.2) is 0 Å². The summed E-state index contributed by atoms with van der Waals surface area (Å²) in [5.74, 6) is -0.405. The zero-order chi connectivity index (χ0) is 14.4. The molecule has 0 saturated heterocycles. The number of hydrogen-bond acceptors (Lipinski definition) is 5. The molecule has 0 saturated carbocycles. The molecule has 3 N–H and O–H groups in total. The molecule has 0 bridgehead atoms. The topological polar surface area (TPSA) is 99.2 Å². The molecule has 0 aliphatic heterocycles. The van der Waals surface area contributed by atoms with Crippen LogP contribution in [-0.4, -0.2) is 35.4 Å². The maximum absolute atomic E-state index is 12.0. The first-order valence-corrected chi connectivity index (χ1v) is 6.54. The lowest BCUT2D eigenvalue weighted by Crippen LogP contribution is -2.29. The Hall–Kier alpha value is -1.41. The van der Waals surface area contributed by atoms with Crippen LogP contribution in [0, 0.1) is 0 Å². The molecule has 1 unspecified atom stereocenters. The van der Waals surface area contributed by atoms with E-state index in [1.807, 2.05) is 0 Å². The quantitative estimate of drug-likeness (QED) is 0.749. The lowest BCUT2D eigenvalue weighted by molar-refractivity contribution is -0.118. The molecular weight excluding hydrogens is 316 g/mol. The third-order valence-electron chi connectivity index (χ3n) is 2.40. The van der Waals surface area contributed by atoms with Gasteiger partial charge in [-0.05, 0) is 22.9 Å². The number of aromatic nitrogens is 2. The van der Waals surface area contributed by atoms with Gasteiger partial charge in [-0.15, -0.1) is 0 Å². The van der Waals surface area contributed by atoms with Gasteiger partial charge >= 0.3 is 0 Å². The molecule has 1 heterocycles. The molecule has 0 spiro atoms. The summed E-state index contributed by atoms with van der Waals surface area (Å²) >= 11 is 3.22. The van der Waals surface area contributed by atoms with Crippen LogP contribution in [0.5, 0.6) is 0 Å². The normalized spacial score (nSPS) is 12.2. The molecule has 1 aromatic heterocycles. The van der Waals surface area contributed by atoms with Crippen molar-refractivity contribution in [2.75, 3.05) is 19.0 Å². The number of nitrogens with one attached hydrogen (secondary N) is 1. The summed E-state index contributed by atoms with van der Waals surface area (Å²) < 4.78 is 6.57. The van der Waals surface area contributed by atoms with Crippen LogP contribution in [-0.2, 0) is 16.1 Å². The minimum absolute atomic E-state index is 0.176. The van der Waals surface area contributed by atoms with Gasteiger partial charge < -0.3 is 15.8 Å². The van der Waals surface area contributed by atoms with Crippen LogP contribution in [0.2, 0.25) is 0 Å². The van der Waals surface area contributed by atoms with E-state index >= 15 is 0 Å². The molecule has 0 radical (unpaired) electrons. The number of halogens is 1. The van der Waals surface area contributed by atoms with E-state index in [0.717, 1.165) is 0 Å². The molecular formula is C11H17BrN4O3. The molecule has 1 aromatic rings. The van der Waals surface area contributed by atoms with Crippen molar-refractivity contribution in [3.05, 3.63) is 21.0 Å². The summed E-state index contributed by atoms with van der Waals surface area (Å²) in [6, 6.07) is -0.176. The van der Waals surface area contributed by atoms with Crippen LogP contribution in [0.15, 0.2) is 15.5 Å². The van der Waals surface area contributed by atoms with E-state index in [-0.39, 0.29) is 18.0 Å². The van der Waals surface area contributed by atoms with E-state index in [2.05, 4.69) is 26.3 Å². The summed E-state index contributed by atoms with van der Waals surface area (Å²) in [7, 11) is 1.56. The monoisotopic (exact) mass is 332 g/mol. The number of ether oxygens (including phenoxy) is 1. The third-order valence-corrected chi connectivity index (χ3v) is 3.17. The van der Waals surface area contributed by atoms with E-state index in [4.69, 9.17) is 10.5 Å². The Balaban J connectivity index is 2.84. The van der Waals surface area contributed by atoms with Crippen molar-refractivity contribution in [1.29, 1.82) is 0 Å². The van der Waals surface area contributed by atoms with Crippen LogP contribution in [0.3, 0.4) is 0 Å². The molecule has 1 rings (SSSR count). The highest BCUT2D eigenvalue weighted by atomic mass is 79.9. The summed E-state index contributed by atoms with van der Waals surface area (Å²) in [5, 5.41) is 7.04. The number of hydrogen-bond donors (Lipinski definition) is 2.